The van der Waals surface area contributed by atoms with Crippen molar-refractivity contribution >= 4 is 15.9 Å². The van der Waals surface area contributed by atoms with Crippen molar-refractivity contribution in [3.8, 4) is 11.5 Å². The van der Waals surface area contributed by atoms with E-state index in [1.807, 2.05) is 6.07 Å². The van der Waals surface area contributed by atoms with Crippen LogP contribution in [0.1, 0.15) is 26.3 Å². The molecular weight excluding hydrogens is 306 g/mol. The SMILES string of the molecule is COc1ccc(CC(C)CNC(C)C)c(OC)c1Br. The van der Waals surface area contributed by atoms with Crippen LogP contribution in [0.25, 0.3) is 0 Å². The first-order chi connectivity index (χ1) is 8.99. The van der Waals surface area contributed by atoms with E-state index in [1.165, 1.54) is 5.56 Å². The number of halogens is 1. The summed E-state index contributed by atoms with van der Waals surface area (Å²) in [6.45, 7) is 7.58. The third-order valence-electron chi connectivity index (χ3n) is 3.01. The molecule has 0 amide bonds. The molecule has 0 saturated carbocycles. The smallest absolute Gasteiger partial charge is 0.140 e. The molecular formula is C15H24BrNO2. The van der Waals surface area contributed by atoms with E-state index in [4.69, 9.17) is 9.47 Å². The van der Waals surface area contributed by atoms with Gasteiger partial charge in [-0.2, -0.15) is 0 Å². The Hall–Kier alpha value is -0.740. The summed E-state index contributed by atoms with van der Waals surface area (Å²) < 4.78 is 11.7. The van der Waals surface area contributed by atoms with Gasteiger partial charge in [0.05, 0.1) is 14.2 Å². The number of hydrogen-bond acceptors (Lipinski definition) is 3. The number of benzene rings is 1. The van der Waals surface area contributed by atoms with Gasteiger partial charge in [-0.05, 0) is 46.4 Å². The van der Waals surface area contributed by atoms with E-state index < -0.39 is 0 Å². The van der Waals surface area contributed by atoms with Gasteiger partial charge in [0.2, 0.25) is 0 Å². The molecule has 1 aromatic rings. The highest BCUT2D eigenvalue weighted by Gasteiger charge is 2.15. The summed E-state index contributed by atoms with van der Waals surface area (Å²) in [6.07, 6.45) is 0.978. The highest BCUT2D eigenvalue weighted by Crippen LogP contribution is 2.37. The van der Waals surface area contributed by atoms with E-state index in [0.29, 0.717) is 12.0 Å². The molecule has 1 unspecified atom stereocenters. The molecule has 0 fully saturated rings. The van der Waals surface area contributed by atoms with Gasteiger partial charge < -0.3 is 14.8 Å². The van der Waals surface area contributed by atoms with Crippen LogP contribution in [0.5, 0.6) is 11.5 Å². The van der Waals surface area contributed by atoms with Gasteiger partial charge in [-0.1, -0.05) is 26.8 Å². The van der Waals surface area contributed by atoms with Crippen LogP contribution in [-0.2, 0) is 6.42 Å². The Morgan fingerprint density at radius 3 is 2.37 bits per heavy atom. The van der Waals surface area contributed by atoms with Crippen molar-refractivity contribution in [2.24, 2.45) is 5.92 Å². The summed E-state index contributed by atoms with van der Waals surface area (Å²) in [5.41, 5.74) is 1.20. The molecule has 3 nitrogen and oxygen atoms in total. The molecule has 0 aliphatic rings. The molecule has 0 saturated heterocycles. The molecule has 0 aliphatic carbocycles. The van der Waals surface area contributed by atoms with Crippen molar-refractivity contribution in [3.63, 3.8) is 0 Å². The topological polar surface area (TPSA) is 30.5 Å². The standard InChI is InChI=1S/C15H24BrNO2/c1-10(2)17-9-11(3)8-12-6-7-13(18-4)14(16)15(12)19-5/h6-7,10-11,17H,8-9H2,1-5H3. The maximum Gasteiger partial charge on any atom is 0.140 e. The quantitative estimate of drug-likeness (QED) is 0.828. The minimum Gasteiger partial charge on any atom is -0.495 e. The zero-order valence-corrected chi connectivity index (χ0v) is 14.0. The normalized spacial score (nSPS) is 12.6. The molecule has 0 aromatic heterocycles. The molecule has 1 rings (SSSR count). The Balaban J connectivity index is 2.80. The number of hydrogen-bond donors (Lipinski definition) is 1. The van der Waals surface area contributed by atoms with E-state index in [0.717, 1.165) is 28.9 Å². The monoisotopic (exact) mass is 329 g/mol. The van der Waals surface area contributed by atoms with Gasteiger partial charge in [0.25, 0.3) is 0 Å². The fraction of sp³-hybridized carbons (Fsp3) is 0.600. The second-order valence-electron chi connectivity index (χ2n) is 5.15. The van der Waals surface area contributed by atoms with Crippen LogP contribution in [0.4, 0.5) is 0 Å². The number of rotatable bonds is 7. The summed E-state index contributed by atoms with van der Waals surface area (Å²) >= 11 is 3.54. The van der Waals surface area contributed by atoms with Gasteiger partial charge in [0.15, 0.2) is 0 Å². The first-order valence-electron chi connectivity index (χ1n) is 6.62. The summed E-state index contributed by atoms with van der Waals surface area (Å²) in [5, 5.41) is 3.46. The second-order valence-corrected chi connectivity index (χ2v) is 5.94. The molecule has 1 atom stereocenters. The summed E-state index contributed by atoms with van der Waals surface area (Å²) in [7, 11) is 3.36. The van der Waals surface area contributed by atoms with Crippen LogP contribution >= 0.6 is 15.9 Å². The van der Waals surface area contributed by atoms with Crippen LogP contribution in [0.2, 0.25) is 0 Å². The van der Waals surface area contributed by atoms with Crippen LogP contribution < -0.4 is 14.8 Å². The highest BCUT2D eigenvalue weighted by molar-refractivity contribution is 9.10. The predicted octanol–water partition coefficient (Wildman–Crippen LogP) is 3.64. The van der Waals surface area contributed by atoms with Crippen molar-refractivity contribution in [2.75, 3.05) is 20.8 Å². The minimum absolute atomic E-state index is 0.520. The minimum atomic E-state index is 0.520. The zero-order chi connectivity index (χ0) is 14.4. The Morgan fingerprint density at radius 2 is 1.84 bits per heavy atom. The fourth-order valence-corrected chi connectivity index (χ4v) is 2.71. The van der Waals surface area contributed by atoms with Gasteiger partial charge in [-0.3, -0.25) is 0 Å². The van der Waals surface area contributed by atoms with Crippen LogP contribution in [0.15, 0.2) is 16.6 Å². The molecule has 0 aliphatic heterocycles. The third kappa shape index (κ3) is 4.69. The molecule has 0 heterocycles. The average molecular weight is 330 g/mol. The molecule has 1 N–H and O–H groups in total. The predicted molar refractivity (Wildman–Crippen MR) is 83.3 cm³/mol. The fourth-order valence-electron chi connectivity index (χ4n) is 2.00. The molecule has 4 heteroatoms. The maximum atomic E-state index is 5.50. The van der Waals surface area contributed by atoms with E-state index in [-0.39, 0.29) is 0 Å². The lowest BCUT2D eigenvalue weighted by molar-refractivity contribution is 0.382. The Morgan fingerprint density at radius 1 is 1.16 bits per heavy atom. The molecule has 0 bridgehead atoms. The molecule has 0 radical (unpaired) electrons. The van der Waals surface area contributed by atoms with Gasteiger partial charge in [0.1, 0.15) is 16.0 Å². The van der Waals surface area contributed by atoms with Crippen molar-refractivity contribution in [1.29, 1.82) is 0 Å². The lowest BCUT2D eigenvalue weighted by Gasteiger charge is -2.18. The third-order valence-corrected chi connectivity index (χ3v) is 3.76. The summed E-state index contributed by atoms with van der Waals surface area (Å²) in [6, 6.07) is 4.57. The van der Waals surface area contributed by atoms with E-state index in [1.54, 1.807) is 14.2 Å². The van der Waals surface area contributed by atoms with E-state index >= 15 is 0 Å². The highest BCUT2D eigenvalue weighted by atomic mass is 79.9. The lowest BCUT2D eigenvalue weighted by atomic mass is 10.00. The Kier molecular flexibility index (Phi) is 6.66. The van der Waals surface area contributed by atoms with Crippen molar-refractivity contribution in [2.45, 2.75) is 33.2 Å². The van der Waals surface area contributed by atoms with Gasteiger partial charge >= 0.3 is 0 Å². The van der Waals surface area contributed by atoms with Crippen LogP contribution in [-0.4, -0.2) is 26.8 Å². The number of nitrogens with one attached hydrogen (secondary N) is 1. The first kappa shape index (κ1) is 16.3. The maximum absolute atomic E-state index is 5.50. The second kappa shape index (κ2) is 7.75. The van der Waals surface area contributed by atoms with Crippen molar-refractivity contribution in [3.05, 3.63) is 22.2 Å². The lowest BCUT2D eigenvalue weighted by Crippen LogP contribution is -2.28. The Bertz CT molecular complexity index is 407. The van der Waals surface area contributed by atoms with Crippen molar-refractivity contribution in [1.82, 2.24) is 5.32 Å². The molecule has 19 heavy (non-hydrogen) atoms. The molecule has 1 aromatic carbocycles. The molecule has 0 spiro atoms. The van der Waals surface area contributed by atoms with E-state index in [2.05, 4.69) is 48.1 Å². The van der Waals surface area contributed by atoms with Gasteiger partial charge in [-0.25, -0.2) is 0 Å². The summed E-state index contributed by atoms with van der Waals surface area (Å²) in [4.78, 5) is 0. The zero-order valence-electron chi connectivity index (χ0n) is 12.4. The number of methoxy groups -OCH3 is 2. The summed E-state index contributed by atoms with van der Waals surface area (Å²) in [5.74, 6) is 2.22. The van der Waals surface area contributed by atoms with Crippen LogP contribution in [0.3, 0.4) is 0 Å². The first-order valence-corrected chi connectivity index (χ1v) is 7.41. The van der Waals surface area contributed by atoms with E-state index in [9.17, 15) is 0 Å². The largest absolute Gasteiger partial charge is 0.495 e. The van der Waals surface area contributed by atoms with Crippen molar-refractivity contribution < 1.29 is 9.47 Å². The molecule has 108 valence electrons. The number of ether oxygens (including phenoxy) is 2. The average Bonchev–Trinajstić information content (AvgIpc) is 2.37. The van der Waals surface area contributed by atoms with Crippen LogP contribution in [0, 0.1) is 5.92 Å². The van der Waals surface area contributed by atoms with Gasteiger partial charge in [-0.15, -0.1) is 0 Å². The van der Waals surface area contributed by atoms with Gasteiger partial charge in [0, 0.05) is 6.04 Å². The Labute approximate surface area is 124 Å².